The van der Waals surface area contributed by atoms with Crippen molar-refractivity contribution in [3.63, 3.8) is 0 Å². The Kier molecular flexibility index (Phi) is 5.83. The number of hydrogen-bond donors (Lipinski definition) is 0. The minimum atomic E-state index is -0.782. The summed E-state index contributed by atoms with van der Waals surface area (Å²) >= 11 is 12.2. The van der Waals surface area contributed by atoms with Gasteiger partial charge in [-0.25, -0.2) is 14.4 Å². The molecule has 9 heteroatoms. The first-order chi connectivity index (χ1) is 13.5. The third-order valence-corrected chi connectivity index (χ3v) is 5.25. The monoisotopic (exact) mass is 441 g/mol. The number of aryl methyl sites for hydroxylation is 1. The van der Waals surface area contributed by atoms with E-state index in [4.69, 9.17) is 37.1 Å². The Morgan fingerprint density at radius 3 is 2.59 bits per heavy atom. The van der Waals surface area contributed by atoms with Crippen LogP contribution in [0.15, 0.2) is 21.3 Å². The number of carbonyl (C=O) groups excluding carboxylic acids is 2. The van der Waals surface area contributed by atoms with Gasteiger partial charge in [-0.3, -0.25) is 4.90 Å². The maximum atomic E-state index is 12.7. The fourth-order valence-electron chi connectivity index (χ4n) is 3.13. The van der Waals surface area contributed by atoms with Gasteiger partial charge >= 0.3 is 17.7 Å². The lowest BCUT2D eigenvalue weighted by atomic mass is 10.1. The molecule has 1 aliphatic heterocycles. The number of nitrogens with zero attached hydrogens (tertiary/aromatic N) is 1. The van der Waals surface area contributed by atoms with E-state index in [2.05, 4.69) is 0 Å². The summed E-state index contributed by atoms with van der Waals surface area (Å²) in [5.41, 5.74) is -0.654. The molecule has 2 heterocycles. The Balaban J connectivity index is 1.85. The summed E-state index contributed by atoms with van der Waals surface area (Å²) < 4.78 is 16.0. The lowest BCUT2D eigenvalue weighted by Gasteiger charge is -2.27. The number of esters is 1. The molecule has 1 fully saturated rings. The second-order valence-corrected chi connectivity index (χ2v) is 8.65. The lowest BCUT2D eigenvalue weighted by molar-refractivity contribution is -0.139. The molecule has 2 aromatic rings. The lowest BCUT2D eigenvalue weighted by Crippen LogP contribution is -2.44. The molecule has 1 saturated heterocycles. The molecular weight excluding hydrogens is 421 g/mol. The maximum absolute atomic E-state index is 12.7. The summed E-state index contributed by atoms with van der Waals surface area (Å²) in [6.07, 6.45) is 0.530. The average Bonchev–Trinajstić information content (AvgIpc) is 3.10. The van der Waals surface area contributed by atoms with Gasteiger partial charge in [0.05, 0.1) is 5.02 Å². The molecular formula is C20H21Cl2NO6. The van der Waals surface area contributed by atoms with Crippen LogP contribution in [0.25, 0.3) is 11.0 Å². The fraction of sp³-hybridized carbons (Fsp3) is 0.450. The Bertz CT molecular complexity index is 1040. The average molecular weight is 442 g/mol. The molecule has 1 amide bonds. The number of likely N-dealkylation sites (tertiary alicyclic amines) is 1. The summed E-state index contributed by atoms with van der Waals surface area (Å²) in [6.45, 7) is 7.33. The molecule has 3 rings (SSSR count). The Morgan fingerprint density at radius 1 is 1.24 bits per heavy atom. The smallest absolute Gasteiger partial charge is 0.411 e. The van der Waals surface area contributed by atoms with E-state index in [0.29, 0.717) is 30.3 Å². The molecule has 0 spiro atoms. The van der Waals surface area contributed by atoms with Crippen LogP contribution in [-0.4, -0.2) is 35.2 Å². The van der Waals surface area contributed by atoms with E-state index in [1.54, 1.807) is 27.7 Å². The summed E-state index contributed by atoms with van der Waals surface area (Å²) in [5.74, 6) is -0.604. The molecule has 1 aromatic heterocycles. The van der Waals surface area contributed by atoms with Crippen molar-refractivity contribution in [1.82, 2.24) is 4.90 Å². The minimum absolute atomic E-state index is 0.0303. The van der Waals surface area contributed by atoms with Gasteiger partial charge in [0.15, 0.2) is 5.75 Å². The molecule has 0 radical (unpaired) electrons. The van der Waals surface area contributed by atoms with E-state index >= 15 is 0 Å². The predicted octanol–water partition coefficient (Wildman–Crippen LogP) is 4.71. The van der Waals surface area contributed by atoms with Crippen LogP contribution in [0, 0.1) is 6.92 Å². The van der Waals surface area contributed by atoms with Crippen LogP contribution in [0.2, 0.25) is 10.0 Å². The zero-order valence-corrected chi connectivity index (χ0v) is 18.0. The minimum Gasteiger partial charge on any atom is -0.444 e. The maximum Gasteiger partial charge on any atom is 0.411 e. The number of rotatable bonds is 2. The first-order valence-electron chi connectivity index (χ1n) is 9.11. The summed E-state index contributed by atoms with van der Waals surface area (Å²) in [4.78, 5) is 38.3. The van der Waals surface area contributed by atoms with Crippen molar-refractivity contribution in [3.8, 4) is 5.75 Å². The first kappa shape index (κ1) is 21.5. The van der Waals surface area contributed by atoms with E-state index in [1.807, 2.05) is 0 Å². The normalized spacial score (nSPS) is 16.9. The highest BCUT2D eigenvalue weighted by molar-refractivity contribution is 6.34. The third-order valence-electron chi connectivity index (χ3n) is 4.51. The molecule has 0 saturated carbocycles. The largest absolute Gasteiger partial charge is 0.444 e. The van der Waals surface area contributed by atoms with Crippen molar-refractivity contribution >= 4 is 46.2 Å². The second kappa shape index (κ2) is 7.88. The van der Waals surface area contributed by atoms with Gasteiger partial charge in [0, 0.05) is 18.0 Å². The van der Waals surface area contributed by atoms with Crippen LogP contribution in [-0.2, 0) is 9.53 Å². The van der Waals surface area contributed by atoms with Crippen LogP contribution in [0.1, 0.15) is 39.2 Å². The van der Waals surface area contributed by atoms with Gasteiger partial charge in [0.1, 0.15) is 22.2 Å². The van der Waals surface area contributed by atoms with E-state index < -0.39 is 29.3 Å². The van der Waals surface area contributed by atoms with E-state index in [1.165, 1.54) is 17.0 Å². The molecule has 156 valence electrons. The number of halogens is 2. The summed E-state index contributed by atoms with van der Waals surface area (Å²) in [5, 5.41) is 0.661. The van der Waals surface area contributed by atoms with Gasteiger partial charge in [0.2, 0.25) is 0 Å². The van der Waals surface area contributed by atoms with E-state index in [0.717, 1.165) is 0 Å². The van der Waals surface area contributed by atoms with Crippen molar-refractivity contribution in [3.05, 3.63) is 38.2 Å². The molecule has 0 aliphatic carbocycles. The van der Waals surface area contributed by atoms with Gasteiger partial charge in [0.25, 0.3) is 0 Å². The summed E-state index contributed by atoms with van der Waals surface area (Å²) in [6, 6.07) is 2.10. The number of carbonyl (C=O) groups is 2. The van der Waals surface area contributed by atoms with Gasteiger partial charge in [-0.1, -0.05) is 23.2 Å². The number of ether oxygens (including phenoxy) is 2. The Morgan fingerprint density at radius 2 is 1.93 bits per heavy atom. The van der Waals surface area contributed by atoms with Crippen LogP contribution in [0.3, 0.4) is 0 Å². The van der Waals surface area contributed by atoms with Crippen LogP contribution >= 0.6 is 23.2 Å². The van der Waals surface area contributed by atoms with Crippen LogP contribution in [0.4, 0.5) is 4.79 Å². The second-order valence-electron chi connectivity index (χ2n) is 7.86. The molecule has 7 nitrogen and oxygen atoms in total. The zero-order chi connectivity index (χ0) is 21.5. The highest BCUT2D eigenvalue weighted by atomic mass is 35.5. The number of benzene rings is 1. The van der Waals surface area contributed by atoms with E-state index in [-0.39, 0.29) is 21.4 Å². The highest BCUT2D eigenvalue weighted by Gasteiger charge is 2.38. The first-order valence-corrected chi connectivity index (χ1v) is 9.87. The molecule has 1 atom stereocenters. The number of fused-ring (bicyclic) bond motifs is 1. The summed E-state index contributed by atoms with van der Waals surface area (Å²) in [7, 11) is 0. The van der Waals surface area contributed by atoms with E-state index in [9.17, 15) is 14.4 Å². The van der Waals surface area contributed by atoms with Crippen LogP contribution < -0.4 is 10.4 Å². The molecule has 0 N–H and O–H groups in total. The molecule has 1 aliphatic rings. The number of hydrogen-bond acceptors (Lipinski definition) is 6. The zero-order valence-electron chi connectivity index (χ0n) is 16.5. The van der Waals surface area contributed by atoms with Crippen molar-refractivity contribution in [2.24, 2.45) is 0 Å². The van der Waals surface area contributed by atoms with Crippen molar-refractivity contribution in [2.45, 2.75) is 52.2 Å². The topological polar surface area (TPSA) is 86.0 Å². The van der Waals surface area contributed by atoms with Crippen molar-refractivity contribution in [1.29, 1.82) is 0 Å². The molecule has 29 heavy (non-hydrogen) atoms. The number of amides is 1. The molecule has 0 bridgehead atoms. The highest BCUT2D eigenvalue weighted by Crippen LogP contribution is 2.33. The van der Waals surface area contributed by atoms with Gasteiger partial charge < -0.3 is 13.9 Å². The molecule has 1 aromatic carbocycles. The van der Waals surface area contributed by atoms with Crippen LogP contribution in [0.5, 0.6) is 5.75 Å². The predicted molar refractivity (Wildman–Crippen MR) is 109 cm³/mol. The Hall–Kier alpha value is -2.25. The van der Waals surface area contributed by atoms with Crippen molar-refractivity contribution < 1.29 is 23.5 Å². The molecule has 0 unspecified atom stereocenters. The van der Waals surface area contributed by atoms with Gasteiger partial charge in [-0.05, 0) is 52.2 Å². The van der Waals surface area contributed by atoms with Gasteiger partial charge in [-0.15, -0.1) is 0 Å². The third kappa shape index (κ3) is 4.51. The quantitative estimate of drug-likeness (QED) is 0.380. The van der Waals surface area contributed by atoms with Crippen molar-refractivity contribution in [2.75, 3.05) is 6.54 Å². The SMILES string of the molecule is Cc1c(Cl)c(=O)oc2cc(OC(=O)[C@H]3CCCN3C(=O)OC(C)(C)C)c(Cl)cc12. The standard InChI is InChI=1S/C20H21Cl2NO6/c1-10-11-8-12(21)15(9-14(11)27-18(25)16(10)22)28-17(24)13-6-5-7-23(13)19(26)29-20(2,3)4/h8-9,13H,5-7H2,1-4H3/t13-/m1/s1. The Labute approximate surface area is 177 Å². The van der Waals surface area contributed by atoms with Gasteiger partial charge in [-0.2, -0.15) is 0 Å². The fourth-order valence-corrected chi connectivity index (χ4v) is 3.48.